The van der Waals surface area contributed by atoms with Crippen LogP contribution < -0.4 is 0 Å². The molecule has 0 spiro atoms. The van der Waals surface area contributed by atoms with Gasteiger partial charge in [0.2, 0.25) is 5.89 Å². The monoisotopic (exact) mass is 262 g/mol. The van der Waals surface area contributed by atoms with Gasteiger partial charge in [0, 0.05) is 6.08 Å². The predicted molar refractivity (Wildman–Crippen MR) is 68.0 cm³/mol. The Morgan fingerprint density at radius 3 is 2.78 bits per heavy atom. The Labute approximate surface area is 108 Å². The lowest BCUT2D eigenvalue weighted by molar-refractivity contribution is -0.133. The molecule has 6 heteroatoms. The van der Waals surface area contributed by atoms with Gasteiger partial charge >= 0.3 is 5.97 Å². The summed E-state index contributed by atoms with van der Waals surface area (Å²) in [4.78, 5) is 10.4. The highest BCUT2D eigenvalue weighted by Gasteiger charge is 2.06. The molecule has 2 aromatic rings. The van der Waals surface area contributed by atoms with E-state index in [1.54, 1.807) is 6.08 Å². The molecule has 2 rings (SSSR count). The van der Waals surface area contributed by atoms with Gasteiger partial charge in [0.1, 0.15) is 5.75 Å². The molecule has 18 heavy (non-hydrogen) atoms. The number of nitrogens with zero attached hydrogens (tertiary/aromatic N) is 2. The van der Waals surface area contributed by atoms with Crippen LogP contribution >= 0.6 is 11.8 Å². The first-order valence-electron chi connectivity index (χ1n) is 5.15. The van der Waals surface area contributed by atoms with Crippen LogP contribution in [0.3, 0.4) is 0 Å². The van der Waals surface area contributed by atoms with E-state index in [0.29, 0.717) is 5.89 Å². The van der Waals surface area contributed by atoms with Gasteiger partial charge in [-0.15, -0.1) is 10.2 Å². The third kappa shape index (κ3) is 3.74. The van der Waals surface area contributed by atoms with Gasteiger partial charge in [0.15, 0.2) is 0 Å². The Hall–Kier alpha value is -2.08. The zero-order chi connectivity index (χ0) is 12.8. The Kier molecular flexibility index (Phi) is 4.14. The number of aliphatic carboxylic acids is 1. The minimum absolute atomic E-state index is 0.0932. The normalized spacial score (nSPS) is 10.9. The molecular formula is C12H10N2O3S. The third-order valence-corrected chi connectivity index (χ3v) is 2.76. The van der Waals surface area contributed by atoms with E-state index in [4.69, 9.17) is 9.52 Å². The molecule has 0 aliphatic carbocycles. The summed E-state index contributed by atoms with van der Waals surface area (Å²) in [6, 6.07) is 9.70. The summed E-state index contributed by atoms with van der Waals surface area (Å²) < 4.78 is 5.25. The lowest BCUT2D eigenvalue weighted by atomic mass is 10.2. The van der Waals surface area contributed by atoms with E-state index in [9.17, 15) is 4.79 Å². The van der Waals surface area contributed by atoms with Gasteiger partial charge in [0.25, 0.3) is 5.22 Å². The van der Waals surface area contributed by atoms with E-state index in [1.807, 2.05) is 36.4 Å². The summed E-state index contributed by atoms with van der Waals surface area (Å²) in [6.07, 6.45) is 3.53. The second-order valence-electron chi connectivity index (χ2n) is 3.33. The fourth-order valence-corrected chi connectivity index (χ4v) is 1.69. The van der Waals surface area contributed by atoms with Crippen LogP contribution in [0.4, 0.5) is 0 Å². The van der Waals surface area contributed by atoms with Crippen LogP contribution in [0.2, 0.25) is 0 Å². The minimum Gasteiger partial charge on any atom is -0.481 e. The lowest BCUT2D eigenvalue weighted by Gasteiger charge is -1.89. The summed E-state index contributed by atoms with van der Waals surface area (Å²) in [7, 11) is 0. The van der Waals surface area contributed by atoms with Crippen LogP contribution in [0.25, 0.3) is 12.2 Å². The summed E-state index contributed by atoms with van der Waals surface area (Å²) >= 11 is 0.997. The standard InChI is InChI=1S/C12H10N2O3S/c15-11(16)8-18-12-14-13-10(17-12)7-6-9-4-2-1-3-5-9/h1-7H,8H2,(H,15,16)/b7-6+. The van der Waals surface area contributed by atoms with Crippen molar-refractivity contribution < 1.29 is 14.3 Å². The Balaban J connectivity index is 1.98. The summed E-state index contributed by atoms with van der Waals surface area (Å²) in [5.74, 6) is -0.657. The molecule has 0 saturated carbocycles. The lowest BCUT2D eigenvalue weighted by Crippen LogP contribution is -1.97. The van der Waals surface area contributed by atoms with Crippen LogP contribution in [0.5, 0.6) is 0 Å². The number of carboxylic acid groups (broad SMARTS) is 1. The molecule has 1 N–H and O–H groups in total. The summed E-state index contributed by atoms with van der Waals surface area (Å²) in [5, 5.41) is 16.3. The number of benzene rings is 1. The van der Waals surface area contributed by atoms with Crippen molar-refractivity contribution in [2.24, 2.45) is 0 Å². The average molecular weight is 262 g/mol. The molecule has 0 aliphatic rings. The van der Waals surface area contributed by atoms with E-state index in [-0.39, 0.29) is 11.0 Å². The van der Waals surface area contributed by atoms with Crippen molar-refractivity contribution in [1.82, 2.24) is 10.2 Å². The van der Waals surface area contributed by atoms with E-state index >= 15 is 0 Å². The number of rotatable bonds is 5. The SMILES string of the molecule is O=C(O)CSc1nnc(/C=C/c2ccccc2)o1. The first-order valence-corrected chi connectivity index (χ1v) is 6.14. The second-order valence-corrected chi connectivity index (χ2v) is 4.26. The molecule has 0 unspecified atom stereocenters. The van der Waals surface area contributed by atoms with Gasteiger partial charge < -0.3 is 9.52 Å². The van der Waals surface area contributed by atoms with E-state index in [0.717, 1.165) is 17.3 Å². The van der Waals surface area contributed by atoms with Crippen LogP contribution in [0.15, 0.2) is 40.0 Å². The molecule has 1 aromatic heterocycles. The quantitative estimate of drug-likeness (QED) is 0.834. The molecule has 1 aromatic carbocycles. The molecule has 0 saturated heterocycles. The molecule has 0 radical (unpaired) electrons. The predicted octanol–water partition coefficient (Wildman–Crippen LogP) is 2.42. The van der Waals surface area contributed by atoms with E-state index < -0.39 is 5.97 Å². The zero-order valence-electron chi connectivity index (χ0n) is 9.31. The third-order valence-electron chi connectivity index (χ3n) is 1.96. The van der Waals surface area contributed by atoms with E-state index in [1.165, 1.54) is 0 Å². The molecule has 0 bridgehead atoms. The molecule has 0 amide bonds. The molecule has 0 fully saturated rings. The average Bonchev–Trinajstić information content (AvgIpc) is 2.83. The molecule has 1 heterocycles. The maximum atomic E-state index is 10.4. The van der Waals surface area contributed by atoms with Gasteiger partial charge in [-0.2, -0.15) is 0 Å². The van der Waals surface area contributed by atoms with Crippen molar-refractivity contribution >= 4 is 29.9 Å². The summed E-state index contributed by atoms with van der Waals surface area (Å²) in [5.41, 5.74) is 1.02. The number of carboxylic acids is 1. The van der Waals surface area contributed by atoms with Gasteiger partial charge in [-0.1, -0.05) is 42.1 Å². The fraction of sp³-hybridized carbons (Fsp3) is 0.0833. The topological polar surface area (TPSA) is 76.2 Å². The number of hydrogen-bond donors (Lipinski definition) is 1. The van der Waals surface area contributed by atoms with Gasteiger partial charge in [-0.25, -0.2) is 0 Å². The Bertz CT molecular complexity index is 551. The maximum Gasteiger partial charge on any atom is 0.314 e. The summed E-state index contributed by atoms with van der Waals surface area (Å²) in [6.45, 7) is 0. The number of aromatic nitrogens is 2. The van der Waals surface area contributed by atoms with E-state index in [2.05, 4.69) is 10.2 Å². The highest BCUT2D eigenvalue weighted by molar-refractivity contribution is 7.99. The first-order chi connectivity index (χ1) is 8.74. The van der Waals surface area contributed by atoms with Crippen molar-refractivity contribution in [1.29, 1.82) is 0 Å². The van der Waals surface area contributed by atoms with Crippen molar-refractivity contribution in [3.63, 3.8) is 0 Å². The Morgan fingerprint density at radius 1 is 1.28 bits per heavy atom. The fourth-order valence-electron chi connectivity index (χ4n) is 1.20. The molecular weight excluding hydrogens is 252 g/mol. The van der Waals surface area contributed by atoms with Crippen molar-refractivity contribution in [2.45, 2.75) is 5.22 Å². The van der Waals surface area contributed by atoms with Crippen molar-refractivity contribution in [3.8, 4) is 0 Å². The van der Waals surface area contributed by atoms with Crippen molar-refractivity contribution in [2.75, 3.05) is 5.75 Å². The largest absolute Gasteiger partial charge is 0.481 e. The number of thioether (sulfide) groups is 1. The van der Waals surface area contributed by atoms with Gasteiger partial charge in [-0.3, -0.25) is 4.79 Å². The highest BCUT2D eigenvalue weighted by atomic mass is 32.2. The minimum atomic E-state index is -0.917. The van der Waals surface area contributed by atoms with Gasteiger partial charge in [0.05, 0.1) is 0 Å². The molecule has 92 valence electrons. The molecule has 0 aliphatic heterocycles. The van der Waals surface area contributed by atoms with Crippen molar-refractivity contribution in [3.05, 3.63) is 41.8 Å². The zero-order valence-corrected chi connectivity index (χ0v) is 10.1. The highest BCUT2D eigenvalue weighted by Crippen LogP contribution is 2.16. The Morgan fingerprint density at radius 2 is 2.06 bits per heavy atom. The smallest absolute Gasteiger partial charge is 0.314 e. The van der Waals surface area contributed by atoms with Crippen LogP contribution in [0, 0.1) is 0 Å². The second kappa shape index (κ2) is 6.02. The maximum absolute atomic E-state index is 10.4. The number of carbonyl (C=O) groups is 1. The van der Waals surface area contributed by atoms with Crippen LogP contribution in [0.1, 0.15) is 11.5 Å². The van der Waals surface area contributed by atoms with Gasteiger partial charge in [-0.05, 0) is 11.6 Å². The van der Waals surface area contributed by atoms with Crippen LogP contribution in [-0.2, 0) is 4.79 Å². The first kappa shape index (κ1) is 12.4. The molecule has 0 atom stereocenters. The number of hydrogen-bond acceptors (Lipinski definition) is 5. The molecule has 5 nitrogen and oxygen atoms in total. The van der Waals surface area contributed by atoms with Crippen LogP contribution in [-0.4, -0.2) is 27.0 Å².